The Morgan fingerprint density at radius 1 is 1.07 bits per heavy atom. The molecule has 0 spiro atoms. The Kier molecular flexibility index (Phi) is 15.5. The number of phosphoric acid groups is 1. The van der Waals surface area contributed by atoms with Crippen molar-refractivity contribution in [1.29, 1.82) is 0 Å². The topological polar surface area (TPSA) is 272 Å². The minimum absolute atomic E-state index is 0. The number of carbonyl (C=O) groups is 1. The lowest BCUT2D eigenvalue weighted by atomic mass is 11.2. The fraction of sp³-hybridized carbons (Fsp3) is 0. The monoisotopic (exact) mass is 269 g/mol. The average Bonchev–Trinajstić information content (AvgIpc) is 1.45. The summed E-state index contributed by atoms with van der Waals surface area (Å²) in [6, 6.07) is -0.833. The van der Waals surface area contributed by atoms with Gasteiger partial charge in [-0.2, -0.15) is 7.82 Å². The van der Waals surface area contributed by atoms with E-state index in [0.29, 0.717) is 0 Å². The van der Waals surface area contributed by atoms with Gasteiger partial charge in [-0.1, -0.05) is 0 Å². The first-order chi connectivity index (χ1) is 5.73. The quantitative estimate of drug-likeness (QED) is 0.215. The summed E-state index contributed by atoms with van der Waals surface area (Å²) in [6.07, 6.45) is 0. The Bertz CT molecular complexity index is 270. The highest BCUT2D eigenvalue weighted by Crippen LogP contribution is 2.03. The molecular weight excluding hydrogens is 261 g/mol. The molecular formula is CH8N3O9PS-4. The lowest BCUT2D eigenvalue weighted by Crippen LogP contribution is -2.24. The summed E-state index contributed by atoms with van der Waals surface area (Å²) in [4.78, 5) is 34.6. The molecule has 0 aliphatic rings. The van der Waals surface area contributed by atoms with E-state index in [0.717, 1.165) is 0 Å². The zero-order valence-corrected chi connectivity index (χ0v) is 8.90. The normalized spacial score (nSPS) is 9.40. The number of nitrogens with two attached hydrogens (primary N) is 2. The van der Waals surface area contributed by atoms with Crippen molar-refractivity contribution in [2.75, 3.05) is 0 Å². The standard InChI is InChI=1S/CH4N2O.H3N.H3O4P.H2O4S/c2-1(3)4;;2*1-5(2,3)4/h(H4,2,3,4);1H3;(H3,1,2,3,4);(H2,1,2,3,4)/p-4. The second-order valence-corrected chi connectivity index (χ2v) is 2.97. The van der Waals surface area contributed by atoms with E-state index in [9.17, 15) is 0 Å². The summed E-state index contributed by atoms with van der Waals surface area (Å²) < 4.78 is 42.6. The van der Waals surface area contributed by atoms with E-state index >= 15 is 0 Å². The molecule has 0 heterocycles. The predicted octanol–water partition coefficient (Wildman–Crippen LogP) is -4.76. The van der Waals surface area contributed by atoms with E-state index in [4.69, 9.17) is 41.6 Å². The largest absolute Gasteiger partial charge is 0.822 e. The van der Waals surface area contributed by atoms with E-state index in [2.05, 4.69) is 11.5 Å². The molecule has 0 atom stereocenters. The van der Waals surface area contributed by atoms with Crippen LogP contribution in [0.1, 0.15) is 0 Å². The molecule has 12 nitrogen and oxygen atoms in total. The number of urea groups is 1. The van der Waals surface area contributed by atoms with Gasteiger partial charge in [0.25, 0.3) is 0 Å². The first kappa shape index (κ1) is 23.8. The summed E-state index contributed by atoms with van der Waals surface area (Å²) in [6.45, 7) is 0. The van der Waals surface area contributed by atoms with Crippen LogP contribution in [0.4, 0.5) is 4.79 Å². The first-order valence-electron chi connectivity index (χ1n) is 2.18. The third-order valence-electron chi connectivity index (χ3n) is 0. The Hall–Kier alpha value is -0.790. The minimum Gasteiger partial charge on any atom is -0.822 e. The van der Waals surface area contributed by atoms with Crippen LogP contribution in [-0.2, 0) is 15.0 Å². The van der Waals surface area contributed by atoms with Crippen LogP contribution in [0.5, 0.6) is 0 Å². The van der Waals surface area contributed by atoms with E-state index in [-0.39, 0.29) is 6.15 Å². The van der Waals surface area contributed by atoms with Crippen molar-refractivity contribution in [3.63, 3.8) is 0 Å². The Morgan fingerprint density at radius 2 is 1.07 bits per heavy atom. The number of quaternary nitrogens is 1. The Labute approximate surface area is 84.3 Å². The van der Waals surface area contributed by atoms with Crippen LogP contribution in [-0.4, -0.2) is 23.6 Å². The number of amides is 2. The molecule has 15 heavy (non-hydrogen) atoms. The zero-order chi connectivity index (χ0) is 12.6. The number of rotatable bonds is 0. The predicted molar refractivity (Wildman–Crippen MR) is 37.8 cm³/mol. The number of carbonyl (C=O) groups excluding carboxylic acids is 1. The van der Waals surface area contributed by atoms with Crippen LogP contribution in [0, 0.1) is 0 Å². The van der Waals surface area contributed by atoms with Gasteiger partial charge in [0, 0.05) is 10.4 Å². The number of hydrogen-bond donors (Lipinski definition) is 3. The van der Waals surface area contributed by atoms with E-state index < -0.39 is 24.3 Å². The van der Waals surface area contributed by atoms with Crippen molar-refractivity contribution < 1.29 is 41.6 Å². The molecule has 8 N–H and O–H groups in total. The van der Waals surface area contributed by atoms with Crippen LogP contribution >= 0.6 is 7.82 Å². The molecule has 0 saturated carbocycles. The molecule has 0 radical (unpaired) electrons. The summed E-state index contributed by atoms with van der Waals surface area (Å²) in [5.74, 6) is 0. The molecule has 0 aliphatic carbocycles. The van der Waals surface area contributed by atoms with Crippen molar-refractivity contribution in [2.45, 2.75) is 0 Å². The van der Waals surface area contributed by atoms with E-state index in [1.165, 1.54) is 0 Å². The minimum atomic E-state index is -5.39. The van der Waals surface area contributed by atoms with Gasteiger partial charge in [-0.05, 0) is 0 Å². The Morgan fingerprint density at radius 3 is 1.07 bits per heavy atom. The van der Waals surface area contributed by atoms with Gasteiger partial charge in [0.1, 0.15) is 0 Å². The molecule has 0 aromatic heterocycles. The molecule has 0 aromatic rings. The molecule has 0 unspecified atom stereocenters. The molecule has 0 saturated heterocycles. The van der Waals surface area contributed by atoms with Gasteiger partial charge in [-0.15, -0.1) is 0 Å². The lowest BCUT2D eigenvalue weighted by Gasteiger charge is -2.36. The number of hydrogen-bond acceptors (Lipinski definition) is 9. The molecule has 2 amide bonds. The van der Waals surface area contributed by atoms with Gasteiger partial charge in [0.2, 0.25) is 0 Å². The van der Waals surface area contributed by atoms with Crippen LogP contribution < -0.4 is 32.3 Å². The van der Waals surface area contributed by atoms with Gasteiger partial charge in [0.15, 0.2) is 0 Å². The van der Waals surface area contributed by atoms with Crippen molar-refractivity contribution >= 4 is 24.3 Å². The third kappa shape index (κ3) is 2660. The first-order valence-corrected chi connectivity index (χ1v) is 4.97. The maximum atomic E-state index is 9.00. The molecule has 0 rings (SSSR count). The second-order valence-electron chi connectivity index (χ2n) is 1.26. The smallest absolute Gasteiger partial charge is 0.309 e. The van der Waals surface area contributed by atoms with Crippen LogP contribution in [0.2, 0.25) is 0 Å². The van der Waals surface area contributed by atoms with Gasteiger partial charge in [0.05, 0.1) is 0 Å². The van der Waals surface area contributed by atoms with Crippen LogP contribution in [0.25, 0.3) is 0 Å². The highest BCUT2D eigenvalue weighted by Gasteiger charge is 1.60. The molecule has 14 heteroatoms. The summed E-state index contributed by atoms with van der Waals surface area (Å²) in [7, 11) is -10.6. The third-order valence-corrected chi connectivity index (χ3v) is 0. The van der Waals surface area contributed by atoms with Gasteiger partial charge >= 0.3 is 6.03 Å². The highest BCUT2D eigenvalue weighted by molar-refractivity contribution is 7.79. The van der Waals surface area contributed by atoms with Gasteiger partial charge in [-0.3, -0.25) is 8.42 Å². The average molecular weight is 269 g/mol. The number of primary amides is 2. The molecule has 0 aliphatic heterocycles. The summed E-state index contributed by atoms with van der Waals surface area (Å²) in [5.41, 5.74) is 8.50. The van der Waals surface area contributed by atoms with E-state index in [1.54, 1.807) is 0 Å². The second kappa shape index (κ2) is 9.75. The molecule has 0 aromatic carbocycles. The maximum absolute atomic E-state index is 9.00. The fourth-order valence-electron chi connectivity index (χ4n) is 0. The fourth-order valence-corrected chi connectivity index (χ4v) is 0. The van der Waals surface area contributed by atoms with Gasteiger partial charge < -0.3 is 46.0 Å². The maximum Gasteiger partial charge on any atom is 0.309 e. The zero-order valence-electron chi connectivity index (χ0n) is 7.18. The summed E-state index contributed by atoms with van der Waals surface area (Å²) >= 11 is 0. The van der Waals surface area contributed by atoms with Crippen LogP contribution in [0.3, 0.4) is 0 Å². The molecule has 0 bridgehead atoms. The molecule has 0 fully saturated rings. The molecule has 96 valence electrons. The van der Waals surface area contributed by atoms with Gasteiger partial charge in [-0.25, -0.2) is 4.79 Å². The van der Waals surface area contributed by atoms with Crippen molar-refractivity contribution in [2.24, 2.45) is 11.5 Å². The summed E-state index contributed by atoms with van der Waals surface area (Å²) in [5, 5.41) is 0. The van der Waals surface area contributed by atoms with Crippen molar-refractivity contribution in [1.82, 2.24) is 6.15 Å². The highest BCUT2D eigenvalue weighted by atomic mass is 32.3. The van der Waals surface area contributed by atoms with Crippen LogP contribution in [0.15, 0.2) is 0 Å². The van der Waals surface area contributed by atoms with Crippen molar-refractivity contribution in [3.05, 3.63) is 0 Å². The SMILES string of the molecule is NC(N)=O.O=P([O-])([O-])[O-].O=S(=O)([O-])[O-].[NH4+]. The van der Waals surface area contributed by atoms with Crippen molar-refractivity contribution in [3.8, 4) is 0 Å². The lowest BCUT2D eigenvalue weighted by molar-refractivity contribution is -0.432. The Balaban J connectivity index is -0.0000000590. The van der Waals surface area contributed by atoms with E-state index in [1.807, 2.05) is 0 Å².